The summed E-state index contributed by atoms with van der Waals surface area (Å²) in [6.45, 7) is 12.5. The van der Waals surface area contributed by atoms with Gasteiger partial charge in [0.15, 0.2) is 0 Å². The van der Waals surface area contributed by atoms with Crippen LogP contribution in [0.4, 0.5) is 0 Å². The van der Waals surface area contributed by atoms with E-state index in [2.05, 4.69) is 62.2 Å². The van der Waals surface area contributed by atoms with Gasteiger partial charge in [0.1, 0.15) is 5.75 Å². The molecular formula is C18H30N2O. The van der Waals surface area contributed by atoms with Gasteiger partial charge in [0.05, 0.1) is 7.11 Å². The number of nitrogens with one attached hydrogen (secondary N) is 1. The molecule has 0 amide bonds. The van der Waals surface area contributed by atoms with Crippen molar-refractivity contribution >= 4 is 0 Å². The van der Waals surface area contributed by atoms with E-state index >= 15 is 0 Å². The molecule has 3 nitrogen and oxygen atoms in total. The summed E-state index contributed by atoms with van der Waals surface area (Å²) in [5.74, 6) is 1.60. The van der Waals surface area contributed by atoms with Crippen LogP contribution in [0.3, 0.4) is 0 Å². The smallest absolute Gasteiger partial charge is 0.118 e. The van der Waals surface area contributed by atoms with E-state index in [0.717, 1.165) is 25.4 Å². The van der Waals surface area contributed by atoms with E-state index < -0.39 is 0 Å². The van der Waals surface area contributed by atoms with Gasteiger partial charge < -0.3 is 10.1 Å². The molecule has 2 unspecified atom stereocenters. The largest absolute Gasteiger partial charge is 0.497 e. The van der Waals surface area contributed by atoms with E-state index in [9.17, 15) is 0 Å². The van der Waals surface area contributed by atoms with Crippen LogP contribution in [-0.4, -0.2) is 36.7 Å². The third-order valence-corrected chi connectivity index (χ3v) is 5.02. The van der Waals surface area contributed by atoms with Crippen molar-refractivity contribution < 1.29 is 4.74 Å². The minimum absolute atomic E-state index is 0.241. The molecule has 0 radical (unpaired) electrons. The number of ether oxygens (including phenoxy) is 1. The summed E-state index contributed by atoms with van der Waals surface area (Å²) >= 11 is 0. The minimum atomic E-state index is 0.241. The molecule has 1 fully saturated rings. The average molecular weight is 290 g/mol. The summed E-state index contributed by atoms with van der Waals surface area (Å²) in [5, 5.41) is 3.73. The van der Waals surface area contributed by atoms with E-state index in [1.165, 1.54) is 12.0 Å². The molecule has 0 bridgehead atoms. The third-order valence-electron chi connectivity index (χ3n) is 5.02. The molecule has 0 spiro atoms. The van der Waals surface area contributed by atoms with Crippen LogP contribution in [0.15, 0.2) is 24.3 Å². The Kier molecular flexibility index (Phi) is 5.28. The van der Waals surface area contributed by atoms with Gasteiger partial charge in [-0.05, 0) is 37.0 Å². The second-order valence-electron chi connectivity index (χ2n) is 6.81. The molecular weight excluding hydrogens is 260 g/mol. The molecule has 0 saturated carbocycles. The normalized spacial score (nSPS) is 27.0. The second kappa shape index (κ2) is 6.80. The molecule has 0 aliphatic carbocycles. The SMILES string of the molecule is CCC1(C)CNC(C(C)C)CN1Cc1ccc(OC)cc1. The fourth-order valence-corrected chi connectivity index (χ4v) is 2.99. The number of piperazine rings is 1. The number of hydrogen-bond donors (Lipinski definition) is 1. The topological polar surface area (TPSA) is 24.5 Å². The highest BCUT2D eigenvalue weighted by Crippen LogP contribution is 2.27. The number of hydrogen-bond acceptors (Lipinski definition) is 3. The summed E-state index contributed by atoms with van der Waals surface area (Å²) in [6.07, 6.45) is 1.17. The molecule has 2 atom stereocenters. The summed E-state index contributed by atoms with van der Waals surface area (Å²) < 4.78 is 5.25. The zero-order chi connectivity index (χ0) is 15.5. The van der Waals surface area contributed by atoms with E-state index in [1.54, 1.807) is 7.11 Å². The van der Waals surface area contributed by atoms with Gasteiger partial charge in [-0.3, -0.25) is 4.90 Å². The minimum Gasteiger partial charge on any atom is -0.497 e. The lowest BCUT2D eigenvalue weighted by Gasteiger charge is -2.49. The lowest BCUT2D eigenvalue weighted by Crippen LogP contribution is -2.63. The van der Waals surface area contributed by atoms with Gasteiger partial charge >= 0.3 is 0 Å². The Bertz CT molecular complexity index is 443. The van der Waals surface area contributed by atoms with Crippen molar-refractivity contribution in [3.63, 3.8) is 0 Å². The van der Waals surface area contributed by atoms with Crippen molar-refractivity contribution in [2.24, 2.45) is 5.92 Å². The first-order valence-electron chi connectivity index (χ1n) is 8.10. The van der Waals surface area contributed by atoms with E-state index in [1.807, 2.05) is 0 Å². The first-order valence-corrected chi connectivity index (χ1v) is 8.10. The van der Waals surface area contributed by atoms with Crippen molar-refractivity contribution in [2.45, 2.75) is 52.2 Å². The molecule has 1 heterocycles. The Balaban J connectivity index is 2.11. The molecule has 2 rings (SSSR count). The first-order chi connectivity index (χ1) is 9.98. The maximum atomic E-state index is 5.25. The van der Waals surface area contributed by atoms with Gasteiger partial charge in [-0.15, -0.1) is 0 Å². The van der Waals surface area contributed by atoms with E-state index in [-0.39, 0.29) is 5.54 Å². The maximum absolute atomic E-state index is 5.25. The Morgan fingerprint density at radius 3 is 2.52 bits per heavy atom. The molecule has 1 saturated heterocycles. The maximum Gasteiger partial charge on any atom is 0.118 e. The monoisotopic (exact) mass is 290 g/mol. The summed E-state index contributed by atoms with van der Waals surface area (Å²) in [6, 6.07) is 9.06. The van der Waals surface area contributed by atoms with Crippen molar-refractivity contribution in [2.75, 3.05) is 20.2 Å². The molecule has 1 aromatic rings. The number of nitrogens with zero attached hydrogens (tertiary/aromatic N) is 1. The predicted octanol–water partition coefficient (Wildman–Crippen LogP) is 3.29. The highest BCUT2D eigenvalue weighted by Gasteiger charge is 2.36. The van der Waals surface area contributed by atoms with Crippen molar-refractivity contribution in [3.8, 4) is 5.75 Å². The summed E-state index contributed by atoms with van der Waals surface area (Å²) in [5.41, 5.74) is 1.60. The standard InChI is InChI=1S/C18H30N2O/c1-6-18(4)13-19-17(14(2)3)12-20(18)11-15-7-9-16(21-5)10-8-15/h7-10,14,17,19H,6,11-13H2,1-5H3. The molecule has 118 valence electrons. The predicted molar refractivity (Wildman–Crippen MR) is 88.7 cm³/mol. The van der Waals surface area contributed by atoms with Crippen molar-refractivity contribution in [1.82, 2.24) is 10.2 Å². The number of rotatable bonds is 5. The van der Waals surface area contributed by atoms with Crippen molar-refractivity contribution in [1.29, 1.82) is 0 Å². The van der Waals surface area contributed by atoms with Crippen LogP contribution in [0.1, 0.15) is 39.7 Å². The Morgan fingerprint density at radius 1 is 1.33 bits per heavy atom. The van der Waals surface area contributed by atoms with Crippen LogP contribution in [0.5, 0.6) is 5.75 Å². The van der Waals surface area contributed by atoms with Crippen LogP contribution in [0.2, 0.25) is 0 Å². The van der Waals surface area contributed by atoms with Gasteiger partial charge in [-0.2, -0.15) is 0 Å². The molecule has 1 aromatic carbocycles. The molecule has 3 heteroatoms. The van der Waals surface area contributed by atoms with Crippen LogP contribution in [0.25, 0.3) is 0 Å². The number of benzene rings is 1. The lowest BCUT2D eigenvalue weighted by atomic mass is 9.89. The zero-order valence-corrected chi connectivity index (χ0v) is 14.1. The van der Waals surface area contributed by atoms with E-state index in [4.69, 9.17) is 4.74 Å². The Morgan fingerprint density at radius 2 is 2.00 bits per heavy atom. The summed E-state index contributed by atoms with van der Waals surface area (Å²) in [7, 11) is 1.71. The molecule has 0 aromatic heterocycles. The summed E-state index contributed by atoms with van der Waals surface area (Å²) in [4.78, 5) is 2.65. The molecule has 1 aliphatic rings. The Labute approximate surface area is 129 Å². The van der Waals surface area contributed by atoms with Gasteiger partial charge in [0, 0.05) is 31.2 Å². The fourth-order valence-electron chi connectivity index (χ4n) is 2.99. The third kappa shape index (κ3) is 3.78. The van der Waals surface area contributed by atoms with Gasteiger partial charge in [0.25, 0.3) is 0 Å². The lowest BCUT2D eigenvalue weighted by molar-refractivity contribution is 0.0316. The quantitative estimate of drug-likeness (QED) is 0.900. The van der Waals surface area contributed by atoms with Crippen molar-refractivity contribution in [3.05, 3.63) is 29.8 Å². The highest BCUT2D eigenvalue weighted by molar-refractivity contribution is 5.27. The van der Waals surface area contributed by atoms with Gasteiger partial charge in [-0.25, -0.2) is 0 Å². The van der Waals surface area contributed by atoms with Crippen LogP contribution >= 0.6 is 0 Å². The second-order valence-corrected chi connectivity index (χ2v) is 6.81. The number of methoxy groups -OCH3 is 1. The highest BCUT2D eigenvalue weighted by atomic mass is 16.5. The fraction of sp³-hybridized carbons (Fsp3) is 0.667. The molecule has 1 aliphatic heterocycles. The molecule has 21 heavy (non-hydrogen) atoms. The Hall–Kier alpha value is -1.06. The van der Waals surface area contributed by atoms with Crippen LogP contribution < -0.4 is 10.1 Å². The average Bonchev–Trinajstić information content (AvgIpc) is 2.50. The zero-order valence-electron chi connectivity index (χ0n) is 14.1. The van der Waals surface area contributed by atoms with Crippen LogP contribution in [0, 0.1) is 5.92 Å². The van der Waals surface area contributed by atoms with Crippen LogP contribution in [-0.2, 0) is 6.54 Å². The van der Waals surface area contributed by atoms with Gasteiger partial charge in [-0.1, -0.05) is 32.9 Å². The molecule has 1 N–H and O–H groups in total. The first kappa shape index (κ1) is 16.3. The van der Waals surface area contributed by atoms with Gasteiger partial charge in [0.2, 0.25) is 0 Å². The van der Waals surface area contributed by atoms with E-state index in [0.29, 0.717) is 12.0 Å².